The van der Waals surface area contributed by atoms with Crippen LogP contribution in [0.3, 0.4) is 0 Å². The van der Waals surface area contributed by atoms with Crippen molar-refractivity contribution in [1.82, 2.24) is 15.2 Å². The van der Waals surface area contributed by atoms with E-state index in [0.717, 1.165) is 30.4 Å². The van der Waals surface area contributed by atoms with Crippen molar-refractivity contribution in [3.05, 3.63) is 51.5 Å². The molecule has 1 fully saturated rings. The minimum Gasteiger partial charge on any atom is -0.342 e. The van der Waals surface area contributed by atoms with Crippen LogP contribution in [-0.2, 0) is 17.8 Å². The van der Waals surface area contributed by atoms with Crippen molar-refractivity contribution < 1.29 is 9.59 Å². The molecule has 25 heavy (non-hydrogen) atoms. The van der Waals surface area contributed by atoms with Crippen LogP contribution in [0, 0.1) is 6.92 Å². The molecule has 1 aliphatic carbocycles. The van der Waals surface area contributed by atoms with E-state index in [9.17, 15) is 9.59 Å². The number of pyridine rings is 1. The van der Waals surface area contributed by atoms with E-state index in [0.29, 0.717) is 17.5 Å². The van der Waals surface area contributed by atoms with E-state index >= 15 is 0 Å². The van der Waals surface area contributed by atoms with Crippen LogP contribution in [0.15, 0.2) is 30.6 Å². The molecular weight excluding hydrogens is 334 g/mol. The van der Waals surface area contributed by atoms with Crippen LogP contribution >= 0.6 is 11.3 Å². The Hall–Kier alpha value is -2.21. The number of rotatable bonds is 7. The number of hydrogen-bond acceptors (Lipinski definition) is 4. The first-order valence-electron chi connectivity index (χ1n) is 8.64. The standard InChI is InChI=1S/C19H23N3O2S/c1-3-16-13(2)9-17(25-16)19(24)21-11-18(23)22(15-6-7-15)12-14-5-4-8-20-10-14/h4-5,8-10,15H,3,6-7,11-12H2,1-2H3,(H,21,24). The van der Waals surface area contributed by atoms with Gasteiger partial charge < -0.3 is 10.2 Å². The SMILES string of the molecule is CCc1sc(C(=O)NCC(=O)N(Cc2cccnc2)C2CC2)cc1C. The minimum atomic E-state index is -0.168. The van der Waals surface area contributed by atoms with Gasteiger partial charge in [-0.3, -0.25) is 14.6 Å². The van der Waals surface area contributed by atoms with Gasteiger partial charge in [0.05, 0.1) is 11.4 Å². The van der Waals surface area contributed by atoms with Crippen molar-refractivity contribution in [2.24, 2.45) is 0 Å². The normalized spacial score (nSPS) is 13.5. The first-order chi connectivity index (χ1) is 12.1. The lowest BCUT2D eigenvalue weighted by Crippen LogP contribution is -2.40. The average molecular weight is 357 g/mol. The highest BCUT2D eigenvalue weighted by Gasteiger charge is 2.32. The van der Waals surface area contributed by atoms with Crippen molar-refractivity contribution >= 4 is 23.2 Å². The van der Waals surface area contributed by atoms with E-state index in [1.807, 2.05) is 30.0 Å². The maximum absolute atomic E-state index is 12.6. The Morgan fingerprint density at radius 1 is 1.40 bits per heavy atom. The first-order valence-corrected chi connectivity index (χ1v) is 9.46. The molecule has 5 nitrogen and oxygen atoms in total. The molecule has 1 N–H and O–H groups in total. The topological polar surface area (TPSA) is 62.3 Å². The number of hydrogen-bond donors (Lipinski definition) is 1. The summed E-state index contributed by atoms with van der Waals surface area (Å²) in [5.74, 6) is -0.207. The molecule has 132 valence electrons. The Kier molecular flexibility index (Phi) is 5.48. The molecule has 2 aromatic heterocycles. The number of carbonyl (C=O) groups is 2. The van der Waals surface area contributed by atoms with Crippen molar-refractivity contribution in [1.29, 1.82) is 0 Å². The zero-order chi connectivity index (χ0) is 17.8. The third kappa shape index (κ3) is 4.45. The van der Waals surface area contributed by atoms with Crippen LogP contribution in [0.2, 0.25) is 0 Å². The molecule has 0 unspecified atom stereocenters. The van der Waals surface area contributed by atoms with Gasteiger partial charge in [-0.25, -0.2) is 0 Å². The number of amides is 2. The largest absolute Gasteiger partial charge is 0.342 e. The lowest BCUT2D eigenvalue weighted by atomic mass is 10.2. The van der Waals surface area contributed by atoms with Crippen LogP contribution in [0.1, 0.15) is 45.4 Å². The van der Waals surface area contributed by atoms with Crippen molar-refractivity contribution in [3.63, 3.8) is 0 Å². The van der Waals surface area contributed by atoms with E-state index in [2.05, 4.69) is 17.2 Å². The Bertz CT molecular complexity index is 753. The second-order valence-electron chi connectivity index (χ2n) is 6.37. The van der Waals surface area contributed by atoms with Gasteiger partial charge in [-0.15, -0.1) is 11.3 Å². The van der Waals surface area contributed by atoms with Gasteiger partial charge in [0.2, 0.25) is 5.91 Å². The van der Waals surface area contributed by atoms with E-state index in [1.165, 1.54) is 16.2 Å². The van der Waals surface area contributed by atoms with Gasteiger partial charge in [-0.05, 0) is 49.4 Å². The summed E-state index contributed by atoms with van der Waals surface area (Å²) < 4.78 is 0. The highest BCUT2D eigenvalue weighted by molar-refractivity contribution is 7.14. The maximum Gasteiger partial charge on any atom is 0.261 e. The zero-order valence-corrected chi connectivity index (χ0v) is 15.4. The van der Waals surface area contributed by atoms with Gasteiger partial charge in [0.25, 0.3) is 5.91 Å². The Morgan fingerprint density at radius 3 is 2.80 bits per heavy atom. The summed E-state index contributed by atoms with van der Waals surface area (Å²) in [5.41, 5.74) is 2.15. The summed E-state index contributed by atoms with van der Waals surface area (Å²) in [6.45, 7) is 4.68. The molecule has 0 radical (unpaired) electrons. The molecule has 0 bridgehead atoms. The molecule has 1 aliphatic rings. The number of nitrogens with zero attached hydrogens (tertiary/aromatic N) is 2. The molecule has 0 atom stereocenters. The average Bonchev–Trinajstić information content (AvgIpc) is 3.39. The third-order valence-electron chi connectivity index (χ3n) is 4.35. The van der Waals surface area contributed by atoms with Gasteiger partial charge >= 0.3 is 0 Å². The molecule has 0 aromatic carbocycles. The fourth-order valence-electron chi connectivity index (χ4n) is 2.82. The van der Waals surface area contributed by atoms with Crippen LogP contribution in [0.25, 0.3) is 0 Å². The van der Waals surface area contributed by atoms with E-state index in [-0.39, 0.29) is 18.4 Å². The van der Waals surface area contributed by atoms with E-state index < -0.39 is 0 Å². The zero-order valence-electron chi connectivity index (χ0n) is 14.6. The van der Waals surface area contributed by atoms with Gasteiger partial charge in [-0.2, -0.15) is 0 Å². The summed E-state index contributed by atoms with van der Waals surface area (Å²) >= 11 is 1.50. The van der Waals surface area contributed by atoms with Crippen LogP contribution < -0.4 is 5.32 Å². The minimum absolute atomic E-state index is 0.0357. The summed E-state index contributed by atoms with van der Waals surface area (Å²) in [4.78, 5) is 32.8. The molecule has 3 rings (SSSR count). The van der Waals surface area contributed by atoms with Crippen LogP contribution in [0.4, 0.5) is 0 Å². The maximum atomic E-state index is 12.6. The number of carbonyl (C=O) groups excluding carboxylic acids is 2. The number of thiophene rings is 1. The van der Waals surface area contributed by atoms with Crippen molar-refractivity contribution in [3.8, 4) is 0 Å². The predicted octanol–water partition coefficient (Wildman–Crippen LogP) is 2.93. The third-order valence-corrected chi connectivity index (χ3v) is 5.73. The highest BCUT2D eigenvalue weighted by atomic mass is 32.1. The first kappa shape index (κ1) is 17.6. The molecular formula is C19H23N3O2S. The summed E-state index contributed by atoms with van der Waals surface area (Å²) in [6, 6.07) is 6.03. The van der Waals surface area contributed by atoms with Crippen molar-refractivity contribution in [2.75, 3.05) is 6.54 Å². The molecule has 0 spiro atoms. The molecule has 6 heteroatoms. The molecule has 0 saturated heterocycles. The van der Waals surface area contributed by atoms with E-state index in [1.54, 1.807) is 12.4 Å². The highest BCUT2D eigenvalue weighted by Crippen LogP contribution is 2.28. The fraction of sp³-hybridized carbons (Fsp3) is 0.421. The Balaban J connectivity index is 1.58. The van der Waals surface area contributed by atoms with Gasteiger partial charge in [0.15, 0.2) is 0 Å². The molecule has 2 aromatic rings. The fourth-order valence-corrected chi connectivity index (χ4v) is 3.85. The molecule has 2 amide bonds. The monoisotopic (exact) mass is 357 g/mol. The second kappa shape index (κ2) is 7.78. The Labute approximate surface area is 152 Å². The predicted molar refractivity (Wildman–Crippen MR) is 98.6 cm³/mol. The molecule has 2 heterocycles. The summed E-state index contributed by atoms with van der Waals surface area (Å²) in [5, 5.41) is 2.78. The molecule has 1 saturated carbocycles. The van der Waals surface area contributed by atoms with Gasteiger partial charge in [0, 0.05) is 29.9 Å². The van der Waals surface area contributed by atoms with E-state index in [4.69, 9.17) is 0 Å². The quantitative estimate of drug-likeness (QED) is 0.829. The second-order valence-corrected chi connectivity index (χ2v) is 7.50. The van der Waals surface area contributed by atoms with Crippen LogP contribution in [-0.4, -0.2) is 34.3 Å². The Morgan fingerprint density at radius 2 is 2.20 bits per heavy atom. The van der Waals surface area contributed by atoms with Gasteiger partial charge in [-0.1, -0.05) is 13.0 Å². The van der Waals surface area contributed by atoms with Crippen molar-refractivity contribution in [2.45, 2.75) is 45.7 Å². The van der Waals surface area contributed by atoms with Gasteiger partial charge in [0.1, 0.15) is 0 Å². The number of aryl methyl sites for hydroxylation is 2. The lowest BCUT2D eigenvalue weighted by Gasteiger charge is -2.22. The lowest BCUT2D eigenvalue weighted by molar-refractivity contribution is -0.131. The number of aromatic nitrogens is 1. The number of nitrogens with one attached hydrogen (secondary N) is 1. The smallest absolute Gasteiger partial charge is 0.261 e. The summed E-state index contributed by atoms with van der Waals surface area (Å²) in [6.07, 6.45) is 6.49. The molecule has 0 aliphatic heterocycles. The van der Waals surface area contributed by atoms with Crippen LogP contribution in [0.5, 0.6) is 0 Å². The summed E-state index contributed by atoms with van der Waals surface area (Å²) in [7, 11) is 0.